The van der Waals surface area contributed by atoms with Crippen LogP contribution in [0.4, 0.5) is 0 Å². The molecule has 0 spiro atoms. The minimum absolute atomic E-state index is 0.0159. The number of benzene rings is 1. The van der Waals surface area contributed by atoms with Crippen LogP contribution in [0.2, 0.25) is 0 Å². The second-order valence-corrected chi connectivity index (χ2v) is 6.11. The van der Waals surface area contributed by atoms with E-state index in [1.54, 1.807) is 6.26 Å². The molecule has 4 atom stereocenters. The molecular formula is C18H22NO4+. The highest BCUT2D eigenvalue weighted by atomic mass is 16.6. The number of quaternary nitrogens is 1. The Bertz CT molecular complexity index is 601. The summed E-state index contributed by atoms with van der Waals surface area (Å²) < 4.78 is 23.3. The lowest BCUT2D eigenvalue weighted by Gasteiger charge is -2.16. The lowest BCUT2D eigenvalue weighted by molar-refractivity contribution is -0.709. The number of hydrogen-bond acceptors (Lipinski definition) is 4. The average molecular weight is 316 g/mol. The van der Waals surface area contributed by atoms with E-state index in [9.17, 15) is 0 Å². The van der Waals surface area contributed by atoms with Crippen LogP contribution in [0.15, 0.2) is 53.1 Å². The Labute approximate surface area is 135 Å². The van der Waals surface area contributed by atoms with E-state index in [2.05, 4.69) is 17.4 Å². The molecule has 1 aromatic carbocycles. The van der Waals surface area contributed by atoms with Crippen molar-refractivity contribution in [1.82, 2.24) is 0 Å². The first kappa shape index (κ1) is 14.9. The zero-order valence-electron chi connectivity index (χ0n) is 13.0. The standard InChI is InChI=1S/C18H21NO4/c1-2-5-13(6-3-1)10-21-16-12-23-17-15(11-22-18(16)17)19-9-14-7-4-8-20-14/h1-8,15-19H,9-12H2/p+1/t15-,16+,17+,18+/m0/s1. The fourth-order valence-electron chi connectivity index (χ4n) is 3.31. The SMILES string of the molecule is c1ccc(CO[C@@H]2CO[C@H]3[C@@H]2OC[C@@H]3[NH2+]Cc2ccco2)cc1. The molecule has 3 heterocycles. The van der Waals surface area contributed by atoms with E-state index in [0.717, 1.165) is 12.3 Å². The molecule has 1 aromatic heterocycles. The Morgan fingerprint density at radius 2 is 1.87 bits per heavy atom. The quantitative estimate of drug-likeness (QED) is 0.867. The molecule has 4 rings (SSSR count). The van der Waals surface area contributed by atoms with Crippen molar-refractivity contribution in [3.8, 4) is 0 Å². The minimum atomic E-state index is 0.0159. The van der Waals surface area contributed by atoms with Gasteiger partial charge in [-0.2, -0.15) is 0 Å². The molecule has 0 aliphatic carbocycles. The molecule has 2 aliphatic heterocycles. The Hall–Kier alpha value is -1.66. The fraction of sp³-hybridized carbons (Fsp3) is 0.444. The highest BCUT2D eigenvalue weighted by Crippen LogP contribution is 2.28. The molecular weight excluding hydrogens is 294 g/mol. The molecule has 5 heteroatoms. The highest BCUT2D eigenvalue weighted by molar-refractivity contribution is 5.13. The van der Waals surface area contributed by atoms with Crippen molar-refractivity contribution in [2.24, 2.45) is 0 Å². The minimum Gasteiger partial charge on any atom is -0.463 e. The molecule has 0 bridgehead atoms. The monoisotopic (exact) mass is 316 g/mol. The molecule has 5 nitrogen and oxygen atoms in total. The third-order valence-electron chi connectivity index (χ3n) is 4.56. The first-order chi connectivity index (χ1) is 11.4. The molecule has 2 saturated heterocycles. The van der Waals surface area contributed by atoms with Gasteiger partial charge in [-0.05, 0) is 17.7 Å². The topological polar surface area (TPSA) is 57.4 Å². The van der Waals surface area contributed by atoms with Crippen LogP contribution < -0.4 is 5.32 Å². The number of furan rings is 1. The largest absolute Gasteiger partial charge is 0.463 e. The molecule has 2 aliphatic rings. The smallest absolute Gasteiger partial charge is 0.157 e. The van der Waals surface area contributed by atoms with Gasteiger partial charge in [-0.1, -0.05) is 30.3 Å². The highest BCUT2D eigenvalue weighted by Gasteiger charge is 2.50. The zero-order chi connectivity index (χ0) is 15.5. The molecule has 2 N–H and O–H groups in total. The number of nitrogens with two attached hydrogens (primary N) is 1. The van der Waals surface area contributed by atoms with E-state index >= 15 is 0 Å². The summed E-state index contributed by atoms with van der Waals surface area (Å²) in [6.45, 7) is 2.71. The summed E-state index contributed by atoms with van der Waals surface area (Å²) >= 11 is 0. The van der Waals surface area contributed by atoms with Gasteiger partial charge in [-0.25, -0.2) is 0 Å². The van der Waals surface area contributed by atoms with E-state index in [0.29, 0.717) is 25.9 Å². The van der Waals surface area contributed by atoms with E-state index in [-0.39, 0.29) is 18.3 Å². The first-order valence-electron chi connectivity index (χ1n) is 8.14. The van der Waals surface area contributed by atoms with Crippen molar-refractivity contribution < 1.29 is 23.9 Å². The lowest BCUT2D eigenvalue weighted by atomic mass is 10.1. The summed E-state index contributed by atoms with van der Waals surface area (Å²) in [6.07, 6.45) is 1.86. The van der Waals surface area contributed by atoms with E-state index in [1.807, 2.05) is 30.3 Å². The van der Waals surface area contributed by atoms with Gasteiger partial charge in [-0.3, -0.25) is 0 Å². The first-order valence-corrected chi connectivity index (χ1v) is 8.14. The van der Waals surface area contributed by atoms with Gasteiger partial charge in [0, 0.05) is 0 Å². The number of rotatable bonds is 6. The van der Waals surface area contributed by atoms with Crippen molar-refractivity contribution in [3.63, 3.8) is 0 Å². The number of ether oxygens (including phenoxy) is 3. The van der Waals surface area contributed by atoms with E-state index in [1.165, 1.54) is 5.56 Å². The summed E-state index contributed by atoms with van der Waals surface area (Å²) in [7, 11) is 0. The molecule has 2 aromatic rings. The fourth-order valence-corrected chi connectivity index (χ4v) is 3.31. The summed E-state index contributed by atoms with van der Waals surface area (Å²) in [6, 6.07) is 14.4. The van der Waals surface area contributed by atoms with Crippen LogP contribution in [-0.2, 0) is 27.4 Å². The van der Waals surface area contributed by atoms with Crippen molar-refractivity contribution >= 4 is 0 Å². The predicted octanol–water partition coefficient (Wildman–Crippen LogP) is 1.09. The van der Waals surface area contributed by atoms with Gasteiger partial charge in [0.2, 0.25) is 0 Å². The molecule has 2 fully saturated rings. The van der Waals surface area contributed by atoms with Crippen molar-refractivity contribution in [2.45, 2.75) is 37.5 Å². The van der Waals surface area contributed by atoms with Crippen LogP contribution >= 0.6 is 0 Å². The predicted molar refractivity (Wildman–Crippen MR) is 82.6 cm³/mol. The summed E-state index contributed by atoms with van der Waals surface area (Å²) in [5, 5.41) is 2.24. The maximum Gasteiger partial charge on any atom is 0.157 e. The van der Waals surface area contributed by atoms with Crippen molar-refractivity contribution in [3.05, 3.63) is 60.1 Å². The van der Waals surface area contributed by atoms with Gasteiger partial charge in [0.1, 0.15) is 37.5 Å². The van der Waals surface area contributed by atoms with Gasteiger partial charge in [0.15, 0.2) is 5.76 Å². The summed E-state index contributed by atoms with van der Waals surface area (Å²) in [4.78, 5) is 0. The van der Waals surface area contributed by atoms with Gasteiger partial charge in [0.25, 0.3) is 0 Å². The van der Waals surface area contributed by atoms with Crippen LogP contribution in [0.1, 0.15) is 11.3 Å². The van der Waals surface area contributed by atoms with Crippen LogP contribution in [0.3, 0.4) is 0 Å². The zero-order valence-corrected chi connectivity index (χ0v) is 13.0. The van der Waals surface area contributed by atoms with Crippen LogP contribution in [0.5, 0.6) is 0 Å². The second kappa shape index (κ2) is 6.84. The Morgan fingerprint density at radius 3 is 2.70 bits per heavy atom. The Kier molecular flexibility index (Phi) is 4.43. The molecule has 0 amide bonds. The maximum absolute atomic E-state index is 6.02. The third kappa shape index (κ3) is 3.33. The second-order valence-electron chi connectivity index (χ2n) is 6.11. The molecule has 0 unspecified atom stereocenters. The van der Waals surface area contributed by atoms with E-state index in [4.69, 9.17) is 18.6 Å². The maximum atomic E-state index is 6.02. The Balaban J connectivity index is 1.29. The third-order valence-corrected chi connectivity index (χ3v) is 4.56. The molecule has 122 valence electrons. The van der Waals surface area contributed by atoms with E-state index < -0.39 is 0 Å². The number of fused-ring (bicyclic) bond motifs is 1. The van der Waals surface area contributed by atoms with Gasteiger partial charge in [0.05, 0.1) is 19.5 Å². The summed E-state index contributed by atoms with van der Waals surface area (Å²) in [5.74, 6) is 0.975. The van der Waals surface area contributed by atoms with Crippen molar-refractivity contribution in [2.75, 3.05) is 13.2 Å². The van der Waals surface area contributed by atoms with Crippen LogP contribution in [0, 0.1) is 0 Å². The van der Waals surface area contributed by atoms with Gasteiger partial charge < -0.3 is 23.9 Å². The van der Waals surface area contributed by atoms with Gasteiger partial charge in [-0.15, -0.1) is 0 Å². The normalized spacial score (nSPS) is 29.7. The van der Waals surface area contributed by atoms with Crippen LogP contribution in [-0.4, -0.2) is 37.6 Å². The average Bonchev–Trinajstić information content (AvgIpc) is 3.31. The molecule has 23 heavy (non-hydrogen) atoms. The van der Waals surface area contributed by atoms with Crippen molar-refractivity contribution in [1.29, 1.82) is 0 Å². The van der Waals surface area contributed by atoms with Gasteiger partial charge >= 0.3 is 0 Å². The molecule has 0 radical (unpaired) electrons. The molecule has 0 saturated carbocycles. The summed E-state index contributed by atoms with van der Waals surface area (Å²) in [5.41, 5.74) is 1.18. The van der Waals surface area contributed by atoms with Crippen LogP contribution in [0.25, 0.3) is 0 Å². The number of hydrogen-bond donors (Lipinski definition) is 1. The lowest BCUT2D eigenvalue weighted by Crippen LogP contribution is -2.91. The Morgan fingerprint density at radius 1 is 1.00 bits per heavy atom.